The number of hydrogen-bond acceptors (Lipinski definition) is 5. The van der Waals surface area contributed by atoms with Crippen molar-refractivity contribution in [2.75, 3.05) is 5.32 Å². The number of carbonyl (C=O) groups is 4. The van der Waals surface area contributed by atoms with Crippen LogP contribution < -0.4 is 16.0 Å². The minimum atomic E-state index is -1.18. The van der Waals surface area contributed by atoms with Crippen molar-refractivity contribution in [1.29, 1.82) is 0 Å². The zero-order chi connectivity index (χ0) is 21.3. The van der Waals surface area contributed by atoms with E-state index in [9.17, 15) is 19.2 Å². The summed E-state index contributed by atoms with van der Waals surface area (Å²) in [4.78, 5) is 47.2. The molecule has 1 unspecified atom stereocenters. The van der Waals surface area contributed by atoms with Crippen LogP contribution in [0.3, 0.4) is 0 Å². The standard InChI is InChI=1S/C19H27N3O6/c1-12(17(26)21-13-8-6-5-7-9-13)20-15(23)10-14(11-16(24)25)22-18(27)28-19(2,3)4/h5-9,12,14H,10-11H2,1-4H3,(H,20,23)(H,21,26)(H,22,27)(H,24,25)/t12-,14?/m0/s1. The Hall–Kier alpha value is -3.10. The molecule has 0 heterocycles. The molecule has 28 heavy (non-hydrogen) atoms. The third kappa shape index (κ3) is 9.56. The number of para-hydroxylation sites is 1. The minimum Gasteiger partial charge on any atom is -0.481 e. The van der Waals surface area contributed by atoms with E-state index < -0.39 is 48.0 Å². The van der Waals surface area contributed by atoms with Crippen LogP contribution in [0.15, 0.2) is 30.3 Å². The van der Waals surface area contributed by atoms with Gasteiger partial charge in [-0.1, -0.05) is 18.2 Å². The average molecular weight is 393 g/mol. The number of benzene rings is 1. The van der Waals surface area contributed by atoms with E-state index in [-0.39, 0.29) is 6.42 Å². The molecule has 1 aromatic rings. The van der Waals surface area contributed by atoms with E-state index in [2.05, 4.69) is 16.0 Å². The van der Waals surface area contributed by atoms with Crippen molar-refractivity contribution in [3.63, 3.8) is 0 Å². The topological polar surface area (TPSA) is 134 Å². The molecule has 9 nitrogen and oxygen atoms in total. The number of aliphatic carboxylic acids is 1. The van der Waals surface area contributed by atoms with Crippen molar-refractivity contribution in [2.45, 2.75) is 58.2 Å². The van der Waals surface area contributed by atoms with Gasteiger partial charge in [0.1, 0.15) is 11.6 Å². The normalized spacial score (nSPS) is 13.0. The first-order valence-corrected chi connectivity index (χ1v) is 8.83. The van der Waals surface area contributed by atoms with E-state index in [4.69, 9.17) is 9.84 Å². The number of anilines is 1. The van der Waals surface area contributed by atoms with Crippen molar-refractivity contribution in [1.82, 2.24) is 10.6 Å². The molecule has 154 valence electrons. The van der Waals surface area contributed by atoms with Gasteiger partial charge >= 0.3 is 12.1 Å². The van der Waals surface area contributed by atoms with Crippen LogP contribution in [-0.4, -0.2) is 46.7 Å². The molecular weight excluding hydrogens is 366 g/mol. The quantitative estimate of drug-likeness (QED) is 0.533. The van der Waals surface area contributed by atoms with Crippen LogP contribution in [-0.2, 0) is 19.1 Å². The van der Waals surface area contributed by atoms with Crippen LogP contribution in [0.1, 0.15) is 40.5 Å². The Bertz CT molecular complexity index is 699. The van der Waals surface area contributed by atoms with Gasteiger partial charge in [-0.2, -0.15) is 0 Å². The first kappa shape index (κ1) is 22.9. The molecule has 0 saturated heterocycles. The molecule has 9 heteroatoms. The zero-order valence-electron chi connectivity index (χ0n) is 16.4. The molecule has 0 aliphatic heterocycles. The van der Waals surface area contributed by atoms with Crippen LogP contribution in [0, 0.1) is 0 Å². The summed E-state index contributed by atoms with van der Waals surface area (Å²) in [5.74, 6) is -2.17. The lowest BCUT2D eigenvalue weighted by Gasteiger charge is -2.23. The Morgan fingerprint density at radius 1 is 1.04 bits per heavy atom. The first-order valence-electron chi connectivity index (χ1n) is 8.83. The van der Waals surface area contributed by atoms with Crippen molar-refractivity contribution < 1.29 is 29.0 Å². The highest BCUT2D eigenvalue weighted by Gasteiger charge is 2.24. The number of amides is 3. The Balaban J connectivity index is 2.60. The third-order valence-electron chi connectivity index (χ3n) is 3.39. The molecule has 0 aliphatic carbocycles. The first-order chi connectivity index (χ1) is 13.0. The van der Waals surface area contributed by atoms with Gasteiger partial charge in [0.25, 0.3) is 0 Å². The maximum Gasteiger partial charge on any atom is 0.407 e. The van der Waals surface area contributed by atoms with Gasteiger partial charge in [-0.25, -0.2) is 4.79 Å². The van der Waals surface area contributed by atoms with E-state index in [0.717, 1.165) is 0 Å². The number of carbonyl (C=O) groups excluding carboxylic acids is 3. The van der Waals surface area contributed by atoms with Crippen molar-refractivity contribution in [3.8, 4) is 0 Å². The van der Waals surface area contributed by atoms with Gasteiger partial charge in [0.05, 0.1) is 12.5 Å². The van der Waals surface area contributed by atoms with E-state index >= 15 is 0 Å². The van der Waals surface area contributed by atoms with Crippen molar-refractivity contribution in [3.05, 3.63) is 30.3 Å². The van der Waals surface area contributed by atoms with Crippen molar-refractivity contribution >= 4 is 29.6 Å². The zero-order valence-corrected chi connectivity index (χ0v) is 16.4. The average Bonchev–Trinajstić information content (AvgIpc) is 2.52. The van der Waals surface area contributed by atoms with Crippen LogP contribution in [0.25, 0.3) is 0 Å². The van der Waals surface area contributed by atoms with Gasteiger partial charge in [-0.15, -0.1) is 0 Å². The molecule has 1 rings (SSSR count). The Morgan fingerprint density at radius 3 is 2.18 bits per heavy atom. The molecule has 2 atom stereocenters. The summed E-state index contributed by atoms with van der Waals surface area (Å²) < 4.78 is 5.08. The maximum absolute atomic E-state index is 12.2. The lowest BCUT2D eigenvalue weighted by Crippen LogP contribution is -2.46. The second kappa shape index (κ2) is 10.3. The Morgan fingerprint density at radius 2 is 1.64 bits per heavy atom. The highest BCUT2D eigenvalue weighted by atomic mass is 16.6. The van der Waals surface area contributed by atoms with Gasteiger partial charge in [0.2, 0.25) is 11.8 Å². The molecule has 0 aromatic heterocycles. The second-order valence-corrected chi connectivity index (χ2v) is 7.29. The van der Waals surface area contributed by atoms with Crippen LogP contribution in [0.4, 0.5) is 10.5 Å². The molecule has 4 N–H and O–H groups in total. The number of carboxylic acid groups (broad SMARTS) is 1. The molecule has 0 spiro atoms. The highest BCUT2D eigenvalue weighted by molar-refractivity contribution is 5.97. The largest absolute Gasteiger partial charge is 0.481 e. The molecule has 3 amide bonds. The number of hydrogen-bond donors (Lipinski definition) is 4. The van der Waals surface area contributed by atoms with E-state index in [1.54, 1.807) is 51.1 Å². The smallest absolute Gasteiger partial charge is 0.407 e. The predicted molar refractivity (Wildman–Crippen MR) is 103 cm³/mol. The number of rotatable bonds is 8. The summed E-state index contributed by atoms with van der Waals surface area (Å²) in [7, 11) is 0. The van der Waals surface area contributed by atoms with Gasteiger partial charge < -0.3 is 25.8 Å². The van der Waals surface area contributed by atoms with E-state index in [1.165, 1.54) is 6.92 Å². The second-order valence-electron chi connectivity index (χ2n) is 7.29. The minimum absolute atomic E-state index is 0.311. The molecule has 0 fully saturated rings. The molecule has 0 bridgehead atoms. The fourth-order valence-corrected chi connectivity index (χ4v) is 2.22. The SMILES string of the molecule is C[C@H](NC(=O)CC(CC(=O)O)NC(=O)OC(C)(C)C)C(=O)Nc1ccccc1. The van der Waals surface area contributed by atoms with Gasteiger partial charge in [0.15, 0.2) is 0 Å². The third-order valence-corrected chi connectivity index (χ3v) is 3.39. The summed E-state index contributed by atoms with van der Waals surface area (Å²) in [6, 6.07) is 6.92. The molecule has 1 aromatic carbocycles. The Labute approximate surface area is 163 Å². The fourth-order valence-electron chi connectivity index (χ4n) is 2.22. The lowest BCUT2D eigenvalue weighted by molar-refractivity contribution is -0.137. The van der Waals surface area contributed by atoms with Gasteiger partial charge in [-0.05, 0) is 39.8 Å². The van der Waals surface area contributed by atoms with Crippen LogP contribution in [0.2, 0.25) is 0 Å². The van der Waals surface area contributed by atoms with E-state index in [1.807, 2.05) is 0 Å². The van der Waals surface area contributed by atoms with Crippen LogP contribution >= 0.6 is 0 Å². The number of alkyl carbamates (subject to hydrolysis) is 1. The number of nitrogens with one attached hydrogen (secondary N) is 3. The van der Waals surface area contributed by atoms with E-state index in [0.29, 0.717) is 5.69 Å². The number of carboxylic acids is 1. The molecule has 0 aliphatic rings. The molecule has 0 radical (unpaired) electrons. The summed E-state index contributed by atoms with van der Waals surface area (Å²) in [5.41, 5.74) is -0.173. The summed E-state index contributed by atoms with van der Waals surface area (Å²) in [6.45, 7) is 6.50. The number of ether oxygens (including phenoxy) is 1. The van der Waals surface area contributed by atoms with Crippen molar-refractivity contribution in [2.24, 2.45) is 0 Å². The van der Waals surface area contributed by atoms with Gasteiger partial charge in [0, 0.05) is 12.1 Å². The fraction of sp³-hybridized carbons (Fsp3) is 0.474. The monoisotopic (exact) mass is 393 g/mol. The highest BCUT2D eigenvalue weighted by Crippen LogP contribution is 2.09. The summed E-state index contributed by atoms with van der Waals surface area (Å²) >= 11 is 0. The Kier molecular flexibility index (Phi) is 8.43. The lowest BCUT2D eigenvalue weighted by atomic mass is 10.1. The summed E-state index contributed by atoms with van der Waals surface area (Å²) in [6.07, 6.45) is -1.59. The predicted octanol–water partition coefficient (Wildman–Crippen LogP) is 1.89. The molecule has 0 saturated carbocycles. The molecular formula is C19H27N3O6. The van der Waals surface area contributed by atoms with Gasteiger partial charge in [-0.3, -0.25) is 14.4 Å². The maximum atomic E-state index is 12.2. The van der Waals surface area contributed by atoms with Crippen LogP contribution in [0.5, 0.6) is 0 Å². The summed E-state index contributed by atoms with van der Waals surface area (Å²) in [5, 5.41) is 16.5.